The molecule has 1 heterocycles. The Hall–Kier alpha value is -1.21. The number of nitrogens with one attached hydrogen (secondary N) is 1. The maximum atomic E-state index is 11.7. The zero-order valence-corrected chi connectivity index (χ0v) is 10.8. The van der Waals surface area contributed by atoms with Gasteiger partial charge in [-0.3, -0.25) is 9.00 Å². The molecule has 0 aliphatic rings. The highest BCUT2D eigenvalue weighted by Gasteiger charge is 2.21. The Kier molecular flexibility index (Phi) is 5.30. The predicted octanol–water partition coefficient (Wildman–Crippen LogP) is 0.586. The van der Waals surface area contributed by atoms with Crippen LogP contribution in [0.15, 0.2) is 16.8 Å². The highest BCUT2D eigenvalue weighted by Crippen LogP contribution is 2.09. The van der Waals surface area contributed by atoms with Crippen LogP contribution in [0.4, 0.5) is 0 Å². The molecule has 0 spiro atoms. The molecule has 94 valence electrons. The maximum Gasteiger partial charge on any atom is 0.327 e. The fraction of sp³-hybridized carbons (Fsp3) is 0.400. The van der Waals surface area contributed by atoms with Crippen molar-refractivity contribution in [3.8, 4) is 0 Å². The van der Waals surface area contributed by atoms with Crippen molar-refractivity contribution >= 4 is 34.0 Å². The molecule has 7 heteroatoms. The number of amides is 1. The van der Waals surface area contributed by atoms with E-state index < -0.39 is 28.7 Å². The van der Waals surface area contributed by atoms with Gasteiger partial charge in [0.15, 0.2) is 0 Å². The Morgan fingerprint density at radius 1 is 1.59 bits per heavy atom. The van der Waals surface area contributed by atoms with Crippen LogP contribution in [0.1, 0.15) is 12.5 Å². The Morgan fingerprint density at radius 3 is 2.76 bits per heavy atom. The molecule has 0 radical (unpaired) electrons. The zero-order valence-electron chi connectivity index (χ0n) is 9.21. The number of hydrogen-bond donors (Lipinski definition) is 2. The molecule has 1 rings (SSSR count). The number of carbonyl (C=O) groups is 2. The second-order valence-electron chi connectivity index (χ2n) is 3.47. The Balaban J connectivity index is 2.52. The molecular formula is C10H13NO4S2. The lowest BCUT2D eigenvalue weighted by Gasteiger charge is -2.12. The van der Waals surface area contributed by atoms with Crippen molar-refractivity contribution in [3.05, 3.63) is 22.4 Å². The van der Waals surface area contributed by atoms with Gasteiger partial charge in [0.05, 0.1) is 5.75 Å². The van der Waals surface area contributed by atoms with Gasteiger partial charge >= 0.3 is 5.97 Å². The Bertz CT molecular complexity index is 416. The van der Waals surface area contributed by atoms with Gasteiger partial charge in [-0.1, -0.05) is 0 Å². The molecule has 0 fully saturated rings. The first kappa shape index (κ1) is 13.9. The maximum absolute atomic E-state index is 11.7. The summed E-state index contributed by atoms with van der Waals surface area (Å²) in [6.45, 7) is 1.23. The van der Waals surface area contributed by atoms with E-state index in [2.05, 4.69) is 5.32 Å². The summed E-state index contributed by atoms with van der Waals surface area (Å²) in [5.74, 6) is -1.37. The van der Waals surface area contributed by atoms with E-state index in [0.29, 0.717) is 5.75 Å². The smallest absolute Gasteiger partial charge is 0.327 e. The van der Waals surface area contributed by atoms with E-state index >= 15 is 0 Å². The van der Waals surface area contributed by atoms with Crippen molar-refractivity contribution in [1.29, 1.82) is 0 Å². The van der Waals surface area contributed by atoms with Crippen LogP contribution in [0.25, 0.3) is 0 Å². The van der Waals surface area contributed by atoms with Gasteiger partial charge in [-0.2, -0.15) is 11.3 Å². The van der Waals surface area contributed by atoms with E-state index in [-0.39, 0.29) is 5.75 Å². The van der Waals surface area contributed by atoms with Crippen LogP contribution in [0.3, 0.4) is 0 Å². The van der Waals surface area contributed by atoms with Crippen LogP contribution >= 0.6 is 11.3 Å². The minimum absolute atomic E-state index is 0.0786. The van der Waals surface area contributed by atoms with E-state index in [0.717, 1.165) is 5.56 Å². The second kappa shape index (κ2) is 6.51. The molecule has 1 aromatic rings. The van der Waals surface area contributed by atoms with Crippen molar-refractivity contribution in [1.82, 2.24) is 5.32 Å². The largest absolute Gasteiger partial charge is 0.480 e. The SMILES string of the molecule is CC(=O)N[C@@H](CS(=O)Cc1ccsc1)C(=O)O. The van der Waals surface area contributed by atoms with E-state index in [1.807, 2.05) is 16.8 Å². The molecular weight excluding hydrogens is 262 g/mol. The quantitative estimate of drug-likeness (QED) is 0.795. The summed E-state index contributed by atoms with van der Waals surface area (Å²) in [5.41, 5.74) is 0.917. The third-order valence-electron chi connectivity index (χ3n) is 1.94. The van der Waals surface area contributed by atoms with Crippen LogP contribution < -0.4 is 5.32 Å². The predicted molar refractivity (Wildman–Crippen MR) is 66.3 cm³/mol. The minimum atomic E-state index is -1.31. The van der Waals surface area contributed by atoms with Gasteiger partial charge in [-0.25, -0.2) is 4.79 Å². The molecule has 0 bridgehead atoms. The van der Waals surface area contributed by atoms with Gasteiger partial charge < -0.3 is 10.4 Å². The van der Waals surface area contributed by atoms with Crippen molar-refractivity contribution in [2.24, 2.45) is 0 Å². The van der Waals surface area contributed by atoms with Gasteiger partial charge in [0.1, 0.15) is 6.04 Å². The molecule has 1 unspecified atom stereocenters. The summed E-state index contributed by atoms with van der Waals surface area (Å²) < 4.78 is 11.7. The average Bonchev–Trinajstić information content (AvgIpc) is 2.68. The number of carbonyl (C=O) groups excluding carboxylic acids is 1. The van der Waals surface area contributed by atoms with Crippen molar-refractivity contribution in [3.63, 3.8) is 0 Å². The topological polar surface area (TPSA) is 83.5 Å². The standard InChI is InChI=1S/C10H13NO4S2/c1-7(12)11-9(10(13)14)6-17(15)5-8-2-3-16-4-8/h2-4,9H,5-6H2,1H3,(H,11,12)(H,13,14)/t9-,17?/m0/s1. The third-order valence-corrected chi connectivity index (χ3v) is 4.03. The molecule has 0 aromatic carbocycles. The highest BCUT2D eigenvalue weighted by atomic mass is 32.2. The lowest BCUT2D eigenvalue weighted by atomic mass is 10.3. The lowest BCUT2D eigenvalue weighted by molar-refractivity contribution is -0.140. The lowest BCUT2D eigenvalue weighted by Crippen LogP contribution is -2.43. The molecule has 5 nitrogen and oxygen atoms in total. The molecule has 2 atom stereocenters. The van der Waals surface area contributed by atoms with Crippen LogP contribution in [-0.2, 0) is 26.1 Å². The Labute approximate surface area is 105 Å². The monoisotopic (exact) mass is 275 g/mol. The third kappa shape index (κ3) is 5.10. The van der Waals surface area contributed by atoms with E-state index in [1.54, 1.807) is 0 Å². The summed E-state index contributed by atoms with van der Waals surface area (Å²) in [6, 6.07) is 0.753. The first-order valence-electron chi connectivity index (χ1n) is 4.85. The van der Waals surface area contributed by atoms with Crippen LogP contribution in [0, 0.1) is 0 Å². The van der Waals surface area contributed by atoms with Crippen molar-refractivity contribution < 1.29 is 18.9 Å². The first-order valence-corrected chi connectivity index (χ1v) is 7.28. The van der Waals surface area contributed by atoms with Crippen molar-refractivity contribution in [2.45, 2.75) is 18.7 Å². The molecule has 2 N–H and O–H groups in total. The van der Waals surface area contributed by atoms with Gasteiger partial charge in [-0.15, -0.1) is 0 Å². The number of thiophene rings is 1. The van der Waals surface area contributed by atoms with E-state index in [9.17, 15) is 13.8 Å². The zero-order chi connectivity index (χ0) is 12.8. The van der Waals surface area contributed by atoms with Gasteiger partial charge in [-0.05, 0) is 22.4 Å². The van der Waals surface area contributed by atoms with Gasteiger partial charge in [0, 0.05) is 23.5 Å². The van der Waals surface area contributed by atoms with Crippen molar-refractivity contribution in [2.75, 3.05) is 5.75 Å². The number of carboxylic acid groups (broad SMARTS) is 1. The molecule has 0 aliphatic heterocycles. The molecule has 17 heavy (non-hydrogen) atoms. The fourth-order valence-corrected chi connectivity index (χ4v) is 3.27. The first-order chi connectivity index (χ1) is 7.99. The molecule has 0 saturated carbocycles. The minimum Gasteiger partial charge on any atom is -0.480 e. The van der Waals surface area contributed by atoms with Crippen LogP contribution in [0.5, 0.6) is 0 Å². The van der Waals surface area contributed by atoms with Crippen LogP contribution in [0.2, 0.25) is 0 Å². The number of rotatable bonds is 6. The molecule has 0 saturated heterocycles. The Morgan fingerprint density at radius 2 is 2.29 bits per heavy atom. The summed E-state index contributed by atoms with van der Waals surface area (Å²) in [4.78, 5) is 21.6. The van der Waals surface area contributed by atoms with Gasteiger partial charge in [0.2, 0.25) is 5.91 Å². The highest BCUT2D eigenvalue weighted by molar-refractivity contribution is 7.84. The fourth-order valence-electron chi connectivity index (χ4n) is 1.23. The number of aliphatic carboxylic acids is 1. The molecule has 0 aliphatic carbocycles. The van der Waals surface area contributed by atoms with Crippen LogP contribution in [-0.4, -0.2) is 33.0 Å². The molecule has 1 aromatic heterocycles. The number of hydrogen-bond acceptors (Lipinski definition) is 4. The second-order valence-corrected chi connectivity index (χ2v) is 5.76. The summed E-state index contributed by atoms with van der Waals surface area (Å²) in [5, 5.41) is 14.8. The summed E-state index contributed by atoms with van der Waals surface area (Å²) in [7, 11) is -1.31. The normalized spacial score (nSPS) is 13.9. The van der Waals surface area contributed by atoms with Gasteiger partial charge in [0.25, 0.3) is 0 Å². The van der Waals surface area contributed by atoms with E-state index in [4.69, 9.17) is 5.11 Å². The summed E-state index contributed by atoms with van der Waals surface area (Å²) >= 11 is 1.50. The molecule has 1 amide bonds. The van der Waals surface area contributed by atoms with E-state index in [1.165, 1.54) is 18.3 Å². The summed E-state index contributed by atoms with van der Waals surface area (Å²) in [6.07, 6.45) is 0. The average molecular weight is 275 g/mol. The number of carboxylic acids is 1.